The first kappa shape index (κ1) is 88.9. The van der Waals surface area contributed by atoms with Crippen LogP contribution >= 0.6 is 11.3 Å². The van der Waals surface area contributed by atoms with Crippen molar-refractivity contribution in [3.63, 3.8) is 0 Å². The fraction of sp³-hybridized carbons (Fsp3) is 0.591. The molecular formula is C66H100N16O18SZn+2. The molecule has 0 fully saturated rings. The Labute approximate surface area is 608 Å². The number of amides is 11. The smallest absolute Gasteiger partial charge is 0.481 e. The summed E-state index contributed by atoms with van der Waals surface area (Å²) in [4.78, 5) is 214. The first-order valence-electron chi connectivity index (χ1n) is 33.7. The molecule has 102 heavy (non-hydrogen) atoms. The van der Waals surface area contributed by atoms with E-state index in [-0.39, 0.29) is 124 Å². The van der Waals surface area contributed by atoms with Gasteiger partial charge in [-0.2, -0.15) is 0 Å². The molecule has 558 valence electrons. The maximum atomic E-state index is 14.8. The summed E-state index contributed by atoms with van der Waals surface area (Å²) in [5.41, 5.74) is 17.5. The van der Waals surface area contributed by atoms with Crippen LogP contribution in [0.4, 0.5) is 0 Å². The van der Waals surface area contributed by atoms with Gasteiger partial charge in [-0.05, 0) is 87.8 Å². The minimum atomic E-state index is -1.97. The third-order valence-electron chi connectivity index (χ3n) is 16.7. The van der Waals surface area contributed by atoms with E-state index in [9.17, 15) is 87.2 Å². The third kappa shape index (κ3) is 30.6. The summed E-state index contributed by atoms with van der Waals surface area (Å²) < 4.78 is 0. The van der Waals surface area contributed by atoms with Crippen LogP contribution in [0.25, 0.3) is 0 Å². The quantitative estimate of drug-likeness (QED) is 0.0190. The number of aromatic amines is 1. The number of primary amides is 1. The van der Waals surface area contributed by atoms with Gasteiger partial charge in [0, 0.05) is 42.5 Å². The number of imidazole rings is 1. The average Bonchev–Trinajstić information content (AvgIpc) is 0.947. The normalized spacial score (nSPS) is 14.9. The van der Waals surface area contributed by atoms with Crippen LogP contribution in [-0.2, 0) is 94.6 Å². The van der Waals surface area contributed by atoms with Crippen molar-refractivity contribution in [2.45, 2.75) is 212 Å². The van der Waals surface area contributed by atoms with Gasteiger partial charge in [0.15, 0.2) is 10.8 Å². The number of H-pyrrole nitrogens is 1. The van der Waals surface area contributed by atoms with E-state index in [4.69, 9.17) is 17.2 Å². The van der Waals surface area contributed by atoms with Crippen LogP contribution in [0.3, 0.4) is 0 Å². The third-order valence-corrected chi connectivity index (χ3v) is 17.5. The molecule has 2 aromatic heterocycles. The molecule has 36 heteroatoms. The van der Waals surface area contributed by atoms with Crippen LogP contribution < -0.4 is 70.4 Å². The number of nitrogens with zero attached hydrogens (tertiary/aromatic N) is 2. The molecule has 0 saturated carbocycles. The summed E-state index contributed by atoms with van der Waals surface area (Å²) in [6.45, 7) is 14.0. The van der Waals surface area contributed by atoms with Crippen molar-refractivity contribution in [1.82, 2.24) is 68.1 Å². The molecule has 0 radical (unpaired) electrons. The Morgan fingerprint density at radius 2 is 0.990 bits per heavy atom. The van der Waals surface area contributed by atoms with E-state index in [1.165, 1.54) is 17.9 Å². The van der Waals surface area contributed by atoms with Gasteiger partial charge >= 0.3 is 37.4 Å². The molecule has 0 aliphatic heterocycles. The summed E-state index contributed by atoms with van der Waals surface area (Å²) in [5, 5.41) is 55.9. The number of rotatable bonds is 48. The van der Waals surface area contributed by atoms with Crippen molar-refractivity contribution in [2.24, 2.45) is 40.9 Å². The number of carbonyl (C=O) groups is 15. The summed E-state index contributed by atoms with van der Waals surface area (Å²) in [6.07, 6.45) is 0.675. The molecule has 20 N–H and O–H groups in total. The number of Topliss-reactive ketones (excluding diaryl/α,β-unsaturated/α-hetero) is 1. The van der Waals surface area contributed by atoms with Gasteiger partial charge in [0.1, 0.15) is 66.1 Å². The minimum absolute atomic E-state index is 0. The molecule has 2 heterocycles. The van der Waals surface area contributed by atoms with E-state index >= 15 is 0 Å². The van der Waals surface area contributed by atoms with E-state index in [0.29, 0.717) is 18.4 Å². The molecule has 0 bridgehead atoms. The molecule has 1 aromatic carbocycles. The van der Waals surface area contributed by atoms with Crippen molar-refractivity contribution in [1.29, 1.82) is 0 Å². The zero-order chi connectivity index (χ0) is 75.6. The first-order chi connectivity index (χ1) is 47.8. The van der Waals surface area contributed by atoms with Crippen LogP contribution in [0.1, 0.15) is 170 Å². The molecule has 1 unspecified atom stereocenters. The SMILES string of the molecule is CCC(C)C(=O)c1nc(C(=O)N[C@@H](CC(C)C)C(=O)N[C@H](CCC(=O)O)C(=O)N[C@H](C(=O)N[C@@H](CCCCN)C(=O)N[C@@H](CCCN)C(=O)N[C@H](C(=O)N[C@H](Cc2ccccc2)C(=O)N[C@@H](Cc2cnc[nH]2)C(=O)N[C@H](CC(=O)O)C(=O)N[C@@H](CC(N)=O)C(=O)O)[C@@H](C)CC)[C@@H](C)CC)cs1.[Zn+2]. The number of unbranched alkanes of at least 4 members (excludes halogenated alkanes) is 1. The predicted octanol–water partition coefficient (Wildman–Crippen LogP) is -0.655. The Hall–Kier alpha value is -9.15. The van der Waals surface area contributed by atoms with E-state index in [1.54, 1.807) is 78.8 Å². The van der Waals surface area contributed by atoms with Gasteiger partial charge in [0.05, 0.1) is 19.2 Å². The number of ketones is 1. The maximum absolute atomic E-state index is 14.8. The van der Waals surface area contributed by atoms with Crippen LogP contribution in [-0.4, -0.2) is 192 Å². The Morgan fingerprint density at radius 3 is 1.48 bits per heavy atom. The van der Waals surface area contributed by atoms with Crippen LogP contribution in [0.2, 0.25) is 0 Å². The number of carboxylic acids is 3. The van der Waals surface area contributed by atoms with E-state index in [2.05, 4.69) is 62.8 Å². The fourth-order valence-corrected chi connectivity index (χ4v) is 11.0. The summed E-state index contributed by atoms with van der Waals surface area (Å²) in [5.74, 6) is -17.5. The van der Waals surface area contributed by atoms with Gasteiger partial charge in [-0.3, -0.25) is 67.1 Å². The summed E-state index contributed by atoms with van der Waals surface area (Å²) in [6, 6.07) is -7.36. The molecule has 0 aliphatic rings. The number of nitrogens with two attached hydrogens (primary N) is 3. The molecule has 13 atom stereocenters. The van der Waals surface area contributed by atoms with Crippen molar-refractivity contribution < 1.29 is 107 Å². The largest absolute Gasteiger partial charge is 2.00 e. The number of carboxylic acid groups (broad SMARTS) is 3. The molecule has 3 rings (SSSR count). The predicted molar refractivity (Wildman–Crippen MR) is 367 cm³/mol. The number of thiazole rings is 1. The van der Waals surface area contributed by atoms with Crippen LogP contribution in [0.15, 0.2) is 48.2 Å². The average molecular weight is 1500 g/mol. The number of hydrogen-bond acceptors (Lipinski definition) is 20. The number of benzene rings is 1. The number of aromatic nitrogens is 3. The van der Waals surface area contributed by atoms with Gasteiger partial charge in [-0.1, -0.05) is 98.6 Å². The monoisotopic (exact) mass is 1500 g/mol. The topological polar surface area (TPSA) is 557 Å². The number of aliphatic carboxylic acids is 3. The molecule has 0 aliphatic carbocycles. The van der Waals surface area contributed by atoms with Crippen molar-refractivity contribution in [3.05, 3.63) is 70.2 Å². The van der Waals surface area contributed by atoms with E-state index < -0.39 is 181 Å². The second kappa shape index (κ2) is 45.7. The molecule has 0 spiro atoms. The van der Waals surface area contributed by atoms with Crippen molar-refractivity contribution >= 4 is 100 Å². The van der Waals surface area contributed by atoms with Crippen LogP contribution in [0.5, 0.6) is 0 Å². The Morgan fingerprint density at radius 1 is 0.520 bits per heavy atom. The summed E-state index contributed by atoms with van der Waals surface area (Å²) in [7, 11) is 0. The van der Waals surface area contributed by atoms with Crippen LogP contribution in [0, 0.1) is 23.7 Å². The zero-order valence-electron chi connectivity index (χ0n) is 58.9. The number of carbonyl (C=O) groups excluding carboxylic acids is 12. The Kier molecular flexibility index (Phi) is 39.8. The minimum Gasteiger partial charge on any atom is -0.481 e. The second-order valence-electron chi connectivity index (χ2n) is 25.3. The van der Waals surface area contributed by atoms with Gasteiger partial charge in [0.25, 0.3) is 5.91 Å². The Balaban J connectivity index is 0.0000354. The maximum Gasteiger partial charge on any atom is 2.00 e. The van der Waals surface area contributed by atoms with E-state index in [0.717, 1.165) is 11.3 Å². The zero-order valence-corrected chi connectivity index (χ0v) is 62.7. The van der Waals surface area contributed by atoms with Gasteiger partial charge in [0.2, 0.25) is 59.1 Å². The van der Waals surface area contributed by atoms with Crippen molar-refractivity contribution in [3.8, 4) is 0 Å². The molecule has 34 nitrogen and oxygen atoms in total. The van der Waals surface area contributed by atoms with E-state index in [1.807, 2.05) is 12.2 Å². The first-order valence-corrected chi connectivity index (χ1v) is 34.6. The standard InChI is InChI=1S/C66H100N16O18S.Zn/c1-9-35(6)52(82-57(91)42(22-23-50(84)85)73-58(92)43(26-34(4)5)75-62(96)48-32-101-65(80-48)54(88)37(8)11-3)63(97)74-40(20-15-16-24-67)55(89)72-41(21-17-25-68)56(90)81-53(36(7)10-2)64(98)78-44(27-38-18-13-12-14-19-38)59(93)76-45(28-39-31-70-33-71-39)60(94)77-46(30-51(86)87)61(95)79-47(66(99)100)29-49(69)83;/h12-14,18-19,31-37,40-47,52-53H,9-11,15-17,20-30,67-68H2,1-8H3,(H2,69,83)(H,70,71)(H,72,89)(H,73,92)(H,74,97)(H,75,96)(H,76,93)(H,77,94)(H,78,98)(H,79,95)(H,81,90)(H,82,91)(H,84,85)(H,86,87)(H,99,100);/q;+2/t35-,36-,37?,40-,41-,42+,43-,44+,45-,46+,47-,52-,53-;/m0./s1. The molecule has 0 saturated heterocycles. The Bertz CT molecular complexity index is 3310. The summed E-state index contributed by atoms with van der Waals surface area (Å²) >= 11 is 0.972. The fourth-order valence-electron chi connectivity index (χ4n) is 10.2. The molecule has 3 aromatic rings. The number of hydrogen-bond donors (Lipinski definition) is 17. The second-order valence-corrected chi connectivity index (χ2v) is 26.1. The molecular weight excluding hydrogens is 1400 g/mol. The number of nitrogens with one attached hydrogen (secondary N) is 11. The van der Waals surface area contributed by atoms with Gasteiger partial charge in [-0.25, -0.2) is 14.8 Å². The van der Waals surface area contributed by atoms with Crippen molar-refractivity contribution in [2.75, 3.05) is 13.1 Å². The van der Waals surface area contributed by atoms with Gasteiger partial charge < -0.3 is 90.7 Å². The van der Waals surface area contributed by atoms with Gasteiger partial charge in [-0.15, -0.1) is 11.3 Å². The molecule has 11 amide bonds.